The largest absolute Gasteiger partial charge is 0.381 e. The number of hydrogen-bond acceptors (Lipinski definition) is 4. The summed E-state index contributed by atoms with van der Waals surface area (Å²) in [7, 11) is 2.00. The van der Waals surface area contributed by atoms with Crippen LogP contribution in [-0.4, -0.2) is 25.2 Å². The van der Waals surface area contributed by atoms with Crippen LogP contribution in [0.3, 0.4) is 0 Å². The third-order valence-corrected chi connectivity index (χ3v) is 4.75. The molecule has 1 aromatic rings. The highest BCUT2D eigenvalue weighted by Gasteiger charge is 2.21. The maximum atomic E-state index is 5.39. The number of nitrogens with one attached hydrogen (secondary N) is 1. The van der Waals surface area contributed by atoms with Gasteiger partial charge in [0.25, 0.3) is 0 Å². The van der Waals surface area contributed by atoms with Crippen molar-refractivity contribution in [3.63, 3.8) is 0 Å². The Bertz CT molecular complexity index is 345. The summed E-state index contributed by atoms with van der Waals surface area (Å²) in [5, 5.41) is 4.59. The van der Waals surface area contributed by atoms with Crippen LogP contribution < -0.4 is 5.32 Å². The molecule has 0 aromatic carbocycles. The van der Waals surface area contributed by atoms with Crippen molar-refractivity contribution in [3.05, 3.63) is 15.6 Å². The average molecular weight is 240 g/mol. The number of rotatable bonds is 3. The summed E-state index contributed by atoms with van der Waals surface area (Å²) in [4.78, 5) is 6.10. The number of thiazole rings is 1. The highest BCUT2D eigenvalue weighted by molar-refractivity contribution is 7.11. The van der Waals surface area contributed by atoms with Crippen molar-refractivity contribution in [2.24, 2.45) is 0 Å². The van der Waals surface area contributed by atoms with Crippen molar-refractivity contribution in [1.29, 1.82) is 0 Å². The first-order valence-electron chi connectivity index (χ1n) is 5.94. The molecule has 2 heterocycles. The van der Waals surface area contributed by atoms with Crippen LogP contribution in [0.1, 0.15) is 47.3 Å². The molecule has 3 nitrogen and oxygen atoms in total. The van der Waals surface area contributed by atoms with E-state index in [1.807, 2.05) is 18.4 Å². The highest BCUT2D eigenvalue weighted by Crippen LogP contribution is 2.34. The molecule has 0 spiro atoms. The topological polar surface area (TPSA) is 34.1 Å². The van der Waals surface area contributed by atoms with Crippen molar-refractivity contribution in [1.82, 2.24) is 10.3 Å². The van der Waals surface area contributed by atoms with Crippen molar-refractivity contribution in [3.8, 4) is 0 Å². The molecule has 1 N–H and O–H groups in total. The Morgan fingerprint density at radius 1 is 1.44 bits per heavy atom. The zero-order valence-corrected chi connectivity index (χ0v) is 11.1. The molecule has 1 fully saturated rings. The lowest BCUT2D eigenvalue weighted by Crippen LogP contribution is -2.13. The number of hydrogen-bond donors (Lipinski definition) is 1. The predicted octanol–water partition coefficient (Wildman–Crippen LogP) is 2.63. The quantitative estimate of drug-likeness (QED) is 0.882. The second-order valence-corrected chi connectivity index (χ2v) is 5.46. The van der Waals surface area contributed by atoms with Crippen LogP contribution in [0.25, 0.3) is 0 Å². The molecule has 1 aliphatic rings. The number of aryl methyl sites for hydroxylation is 1. The van der Waals surface area contributed by atoms with E-state index < -0.39 is 0 Å². The molecule has 4 heteroatoms. The fraction of sp³-hybridized carbons (Fsp3) is 0.750. The first kappa shape index (κ1) is 12.0. The Hall–Kier alpha value is -0.450. The SMILES string of the molecule is CNC(C)c1sc(C2CCOCC2)nc1C. The smallest absolute Gasteiger partial charge is 0.0964 e. The lowest BCUT2D eigenvalue weighted by molar-refractivity contribution is 0.0852. The van der Waals surface area contributed by atoms with E-state index in [1.54, 1.807) is 0 Å². The summed E-state index contributed by atoms with van der Waals surface area (Å²) in [5.74, 6) is 0.621. The molecule has 16 heavy (non-hydrogen) atoms. The molecule has 0 radical (unpaired) electrons. The molecular formula is C12H20N2OS. The lowest BCUT2D eigenvalue weighted by Gasteiger charge is -2.19. The van der Waals surface area contributed by atoms with Gasteiger partial charge in [0.15, 0.2) is 0 Å². The van der Waals surface area contributed by atoms with Crippen LogP contribution in [0.2, 0.25) is 0 Å². The zero-order chi connectivity index (χ0) is 11.5. The van der Waals surface area contributed by atoms with Gasteiger partial charge in [-0.1, -0.05) is 0 Å². The normalized spacial score (nSPS) is 19.9. The molecular weight excluding hydrogens is 220 g/mol. The number of aromatic nitrogens is 1. The Kier molecular flexibility index (Phi) is 3.95. The average Bonchev–Trinajstić information content (AvgIpc) is 2.71. The van der Waals surface area contributed by atoms with Gasteiger partial charge in [0.05, 0.1) is 10.7 Å². The van der Waals surface area contributed by atoms with Gasteiger partial charge in [0, 0.05) is 30.1 Å². The van der Waals surface area contributed by atoms with Crippen LogP contribution >= 0.6 is 11.3 Å². The fourth-order valence-corrected chi connectivity index (χ4v) is 3.38. The van der Waals surface area contributed by atoms with E-state index in [9.17, 15) is 0 Å². The van der Waals surface area contributed by atoms with E-state index >= 15 is 0 Å². The van der Waals surface area contributed by atoms with E-state index in [2.05, 4.69) is 19.2 Å². The molecule has 1 unspecified atom stereocenters. The summed E-state index contributed by atoms with van der Waals surface area (Å²) in [5.41, 5.74) is 1.19. The monoisotopic (exact) mass is 240 g/mol. The van der Waals surface area contributed by atoms with Gasteiger partial charge < -0.3 is 10.1 Å². The van der Waals surface area contributed by atoms with Gasteiger partial charge in [-0.15, -0.1) is 11.3 Å². The summed E-state index contributed by atoms with van der Waals surface area (Å²) in [6, 6.07) is 0.408. The molecule has 0 saturated carbocycles. The van der Waals surface area contributed by atoms with Crippen LogP contribution in [0.4, 0.5) is 0 Å². The number of ether oxygens (including phenoxy) is 1. The van der Waals surface area contributed by atoms with Crippen LogP contribution in [-0.2, 0) is 4.74 Å². The summed E-state index contributed by atoms with van der Waals surface area (Å²) in [6.07, 6.45) is 2.25. The van der Waals surface area contributed by atoms with Crippen molar-refractivity contribution in [2.45, 2.75) is 38.6 Å². The molecule has 1 aromatic heterocycles. The third-order valence-electron chi connectivity index (χ3n) is 3.25. The van der Waals surface area contributed by atoms with Gasteiger partial charge in [-0.3, -0.25) is 0 Å². The fourth-order valence-electron chi connectivity index (χ4n) is 2.08. The van der Waals surface area contributed by atoms with E-state index in [0.29, 0.717) is 12.0 Å². The van der Waals surface area contributed by atoms with Crippen LogP contribution in [0.5, 0.6) is 0 Å². The van der Waals surface area contributed by atoms with Gasteiger partial charge >= 0.3 is 0 Å². The van der Waals surface area contributed by atoms with Gasteiger partial charge in [-0.05, 0) is 33.7 Å². The predicted molar refractivity (Wildman–Crippen MR) is 67.1 cm³/mol. The first-order valence-corrected chi connectivity index (χ1v) is 6.76. The van der Waals surface area contributed by atoms with E-state index in [1.165, 1.54) is 15.6 Å². The Balaban J connectivity index is 2.16. The van der Waals surface area contributed by atoms with Gasteiger partial charge in [0.1, 0.15) is 0 Å². The molecule has 1 atom stereocenters. The van der Waals surface area contributed by atoms with Gasteiger partial charge in [0.2, 0.25) is 0 Å². The van der Waals surface area contributed by atoms with Crippen molar-refractivity contribution < 1.29 is 4.74 Å². The highest BCUT2D eigenvalue weighted by atomic mass is 32.1. The Labute approximate surface area is 101 Å². The van der Waals surface area contributed by atoms with Crippen molar-refractivity contribution >= 4 is 11.3 Å². The zero-order valence-electron chi connectivity index (χ0n) is 10.2. The first-order chi connectivity index (χ1) is 7.72. The van der Waals surface area contributed by atoms with Crippen molar-refractivity contribution in [2.75, 3.05) is 20.3 Å². The molecule has 2 rings (SSSR count). The van der Waals surface area contributed by atoms with Gasteiger partial charge in [-0.25, -0.2) is 4.98 Å². The molecule has 0 amide bonds. The summed E-state index contributed by atoms with van der Waals surface area (Å²) < 4.78 is 5.39. The molecule has 1 saturated heterocycles. The minimum atomic E-state index is 0.408. The van der Waals surface area contributed by atoms with E-state index in [0.717, 1.165) is 26.1 Å². The molecule has 90 valence electrons. The van der Waals surface area contributed by atoms with E-state index in [4.69, 9.17) is 9.72 Å². The summed E-state index contributed by atoms with van der Waals surface area (Å²) in [6.45, 7) is 6.08. The molecule has 0 aliphatic carbocycles. The molecule has 0 bridgehead atoms. The Morgan fingerprint density at radius 2 is 2.12 bits per heavy atom. The lowest BCUT2D eigenvalue weighted by atomic mass is 10.0. The standard InChI is InChI=1S/C12H20N2OS/c1-8(13-3)11-9(2)14-12(16-11)10-4-6-15-7-5-10/h8,10,13H,4-7H2,1-3H3. The minimum Gasteiger partial charge on any atom is -0.381 e. The van der Waals surface area contributed by atoms with Crippen LogP contribution in [0.15, 0.2) is 0 Å². The summed E-state index contributed by atoms with van der Waals surface area (Å²) >= 11 is 1.87. The second kappa shape index (κ2) is 5.25. The maximum Gasteiger partial charge on any atom is 0.0964 e. The minimum absolute atomic E-state index is 0.408. The second-order valence-electron chi connectivity index (χ2n) is 4.40. The van der Waals surface area contributed by atoms with E-state index in [-0.39, 0.29) is 0 Å². The maximum absolute atomic E-state index is 5.39. The Morgan fingerprint density at radius 3 is 2.75 bits per heavy atom. The van der Waals surface area contributed by atoms with Crippen LogP contribution in [0, 0.1) is 6.92 Å². The third kappa shape index (κ3) is 2.44. The number of nitrogens with zero attached hydrogens (tertiary/aromatic N) is 1. The molecule has 1 aliphatic heterocycles. The van der Waals surface area contributed by atoms with Gasteiger partial charge in [-0.2, -0.15) is 0 Å².